The summed E-state index contributed by atoms with van der Waals surface area (Å²) in [4.78, 5) is 14.8. The minimum atomic E-state index is 0.578. The van der Waals surface area contributed by atoms with Gasteiger partial charge in [-0.15, -0.1) is 0 Å². The van der Waals surface area contributed by atoms with E-state index in [4.69, 9.17) is 0 Å². The topological polar surface area (TPSA) is 47.8 Å². The Labute approximate surface area is 100 Å². The molecule has 2 aromatic heterocycles. The van der Waals surface area contributed by atoms with Gasteiger partial charge in [0.15, 0.2) is 12.1 Å². The van der Waals surface area contributed by atoms with E-state index in [1.807, 2.05) is 10.7 Å². The average Bonchev–Trinajstić information content (AvgIpc) is 2.82. The largest absolute Gasteiger partial charge is 0.298 e. The molecule has 0 unspecified atom stereocenters. The van der Waals surface area contributed by atoms with Gasteiger partial charge >= 0.3 is 0 Å². The second-order valence-electron chi connectivity index (χ2n) is 3.81. The van der Waals surface area contributed by atoms with Crippen molar-refractivity contribution < 1.29 is 4.79 Å². The Morgan fingerprint density at radius 2 is 2.12 bits per heavy atom. The second kappa shape index (κ2) is 4.91. The Bertz CT molecular complexity index is 514. The molecule has 0 saturated heterocycles. The number of aryl methyl sites for hydroxylation is 2. The van der Waals surface area contributed by atoms with Crippen LogP contribution in [-0.2, 0) is 12.8 Å². The second-order valence-corrected chi connectivity index (χ2v) is 3.81. The Morgan fingerprint density at radius 1 is 1.29 bits per heavy atom. The summed E-state index contributed by atoms with van der Waals surface area (Å²) in [6.07, 6.45) is 4.17. The van der Waals surface area contributed by atoms with Crippen molar-refractivity contribution in [3.63, 3.8) is 0 Å². The third-order valence-corrected chi connectivity index (χ3v) is 2.68. The number of nitrogens with zero attached hydrogens (tertiary/aromatic N) is 3. The zero-order valence-corrected chi connectivity index (χ0v) is 10.1. The van der Waals surface area contributed by atoms with Crippen molar-refractivity contribution in [3.05, 3.63) is 41.3 Å². The molecule has 0 aliphatic heterocycles. The monoisotopic (exact) mass is 229 g/mol. The van der Waals surface area contributed by atoms with Gasteiger partial charge in [-0.3, -0.25) is 4.79 Å². The van der Waals surface area contributed by atoms with E-state index in [-0.39, 0.29) is 0 Å². The van der Waals surface area contributed by atoms with Crippen LogP contribution in [0.15, 0.2) is 24.4 Å². The number of carbonyl (C=O) groups is 1. The highest BCUT2D eigenvalue weighted by molar-refractivity contribution is 5.74. The standard InChI is InChI=1S/C13H15N3O/c1-3-11-7-12(4-2)16(15-11)13-6-5-10(9-17)8-14-13/h5-9H,3-4H2,1-2H3. The Morgan fingerprint density at radius 3 is 2.65 bits per heavy atom. The van der Waals surface area contributed by atoms with Crippen molar-refractivity contribution in [2.75, 3.05) is 0 Å². The Hall–Kier alpha value is -1.97. The zero-order valence-electron chi connectivity index (χ0n) is 10.1. The summed E-state index contributed by atoms with van der Waals surface area (Å²) in [6, 6.07) is 5.66. The molecule has 0 amide bonds. The van der Waals surface area contributed by atoms with Crippen LogP contribution < -0.4 is 0 Å². The van der Waals surface area contributed by atoms with E-state index in [2.05, 4.69) is 30.0 Å². The zero-order chi connectivity index (χ0) is 12.3. The van der Waals surface area contributed by atoms with Gasteiger partial charge in [0.1, 0.15) is 0 Å². The molecule has 0 atom stereocenters. The minimum absolute atomic E-state index is 0.578. The maximum Gasteiger partial charge on any atom is 0.153 e. The number of hydrogen-bond donors (Lipinski definition) is 0. The number of aldehydes is 1. The van der Waals surface area contributed by atoms with E-state index >= 15 is 0 Å². The van der Waals surface area contributed by atoms with E-state index in [1.165, 1.54) is 0 Å². The first-order valence-electron chi connectivity index (χ1n) is 5.78. The van der Waals surface area contributed by atoms with Crippen LogP contribution in [0.4, 0.5) is 0 Å². The predicted octanol–water partition coefficient (Wildman–Crippen LogP) is 2.20. The van der Waals surface area contributed by atoms with E-state index < -0.39 is 0 Å². The molecule has 0 fully saturated rings. The number of rotatable bonds is 4. The maximum atomic E-state index is 10.6. The maximum absolute atomic E-state index is 10.6. The molecular formula is C13H15N3O. The van der Waals surface area contributed by atoms with Crippen LogP contribution in [0.5, 0.6) is 0 Å². The van der Waals surface area contributed by atoms with E-state index in [9.17, 15) is 4.79 Å². The minimum Gasteiger partial charge on any atom is -0.298 e. The molecule has 0 aliphatic rings. The van der Waals surface area contributed by atoms with Crippen LogP contribution in [0.1, 0.15) is 35.6 Å². The summed E-state index contributed by atoms with van der Waals surface area (Å²) < 4.78 is 1.84. The van der Waals surface area contributed by atoms with Gasteiger partial charge in [0.05, 0.1) is 5.69 Å². The average molecular weight is 229 g/mol. The van der Waals surface area contributed by atoms with Crippen LogP contribution in [0.25, 0.3) is 5.82 Å². The van der Waals surface area contributed by atoms with E-state index in [1.54, 1.807) is 12.3 Å². The highest BCUT2D eigenvalue weighted by Crippen LogP contribution is 2.12. The fraction of sp³-hybridized carbons (Fsp3) is 0.308. The summed E-state index contributed by atoms with van der Waals surface area (Å²) in [7, 11) is 0. The summed E-state index contributed by atoms with van der Waals surface area (Å²) in [5.74, 6) is 0.757. The van der Waals surface area contributed by atoms with Gasteiger partial charge in [0.25, 0.3) is 0 Å². The molecule has 0 aliphatic carbocycles. The van der Waals surface area contributed by atoms with Crippen molar-refractivity contribution in [2.45, 2.75) is 26.7 Å². The van der Waals surface area contributed by atoms with Gasteiger partial charge in [0.2, 0.25) is 0 Å². The van der Waals surface area contributed by atoms with Crippen molar-refractivity contribution in [2.24, 2.45) is 0 Å². The lowest BCUT2D eigenvalue weighted by Crippen LogP contribution is -2.04. The van der Waals surface area contributed by atoms with Gasteiger partial charge in [-0.2, -0.15) is 5.10 Å². The molecular weight excluding hydrogens is 214 g/mol. The number of aromatic nitrogens is 3. The number of pyridine rings is 1. The quantitative estimate of drug-likeness (QED) is 0.755. The Kier molecular flexibility index (Phi) is 3.32. The summed E-state index contributed by atoms with van der Waals surface area (Å²) in [6.45, 7) is 4.17. The summed E-state index contributed by atoms with van der Waals surface area (Å²) in [5.41, 5.74) is 2.77. The third-order valence-electron chi connectivity index (χ3n) is 2.68. The predicted molar refractivity (Wildman–Crippen MR) is 65.5 cm³/mol. The van der Waals surface area contributed by atoms with Crippen LogP contribution in [0, 0.1) is 0 Å². The van der Waals surface area contributed by atoms with Crippen LogP contribution in [0.3, 0.4) is 0 Å². The van der Waals surface area contributed by atoms with Crippen molar-refractivity contribution in [3.8, 4) is 5.82 Å². The molecule has 0 N–H and O–H groups in total. The van der Waals surface area contributed by atoms with Gasteiger partial charge < -0.3 is 0 Å². The van der Waals surface area contributed by atoms with Crippen molar-refractivity contribution >= 4 is 6.29 Å². The fourth-order valence-corrected chi connectivity index (χ4v) is 1.69. The first-order valence-corrected chi connectivity index (χ1v) is 5.78. The molecule has 0 radical (unpaired) electrons. The lowest BCUT2D eigenvalue weighted by Gasteiger charge is -2.04. The molecule has 0 aromatic carbocycles. The lowest BCUT2D eigenvalue weighted by molar-refractivity contribution is 0.112. The highest BCUT2D eigenvalue weighted by atomic mass is 16.1. The van der Waals surface area contributed by atoms with Gasteiger partial charge in [0, 0.05) is 17.5 Å². The molecule has 4 nitrogen and oxygen atoms in total. The smallest absolute Gasteiger partial charge is 0.153 e. The molecule has 88 valence electrons. The molecule has 0 bridgehead atoms. The van der Waals surface area contributed by atoms with Crippen LogP contribution in [-0.4, -0.2) is 21.1 Å². The van der Waals surface area contributed by atoms with Crippen molar-refractivity contribution in [1.29, 1.82) is 0 Å². The summed E-state index contributed by atoms with van der Waals surface area (Å²) >= 11 is 0. The SMILES string of the molecule is CCc1cc(CC)n(-c2ccc(C=O)cn2)n1. The molecule has 4 heteroatoms. The molecule has 2 rings (SSSR count). The number of hydrogen-bond acceptors (Lipinski definition) is 3. The first-order chi connectivity index (χ1) is 8.28. The van der Waals surface area contributed by atoms with Crippen LogP contribution >= 0.6 is 0 Å². The van der Waals surface area contributed by atoms with Gasteiger partial charge in [-0.1, -0.05) is 13.8 Å². The normalized spacial score (nSPS) is 10.5. The number of carbonyl (C=O) groups excluding carboxylic acids is 1. The molecule has 0 spiro atoms. The third kappa shape index (κ3) is 2.25. The lowest BCUT2D eigenvalue weighted by atomic mass is 10.2. The van der Waals surface area contributed by atoms with Crippen molar-refractivity contribution in [1.82, 2.24) is 14.8 Å². The molecule has 17 heavy (non-hydrogen) atoms. The van der Waals surface area contributed by atoms with Gasteiger partial charge in [-0.25, -0.2) is 9.67 Å². The molecule has 2 heterocycles. The highest BCUT2D eigenvalue weighted by Gasteiger charge is 2.07. The van der Waals surface area contributed by atoms with Crippen LogP contribution in [0.2, 0.25) is 0 Å². The summed E-state index contributed by atoms with van der Waals surface area (Å²) in [5, 5.41) is 4.49. The first kappa shape index (κ1) is 11.5. The van der Waals surface area contributed by atoms with Gasteiger partial charge in [-0.05, 0) is 31.0 Å². The van der Waals surface area contributed by atoms with E-state index in [0.717, 1.165) is 36.3 Å². The molecule has 0 saturated carbocycles. The molecule has 2 aromatic rings. The van der Waals surface area contributed by atoms with E-state index in [0.29, 0.717) is 5.56 Å². The fourth-order valence-electron chi connectivity index (χ4n) is 1.69. The Balaban J connectivity index is 2.43.